The number of benzene rings is 2. The second-order valence-electron chi connectivity index (χ2n) is 4.72. The minimum atomic E-state index is -0.415. The molecule has 2 rings (SSSR count). The van der Waals surface area contributed by atoms with Crippen molar-refractivity contribution in [1.82, 2.24) is 5.32 Å². The highest BCUT2D eigenvalue weighted by Crippen LogP contribution is 2.30. The Balaban J connectivity index is 2.29. The molecule has 2 aromatic carbocycles. The van der Waals surface area contributed by atoms with Crippen LogP contribution in [0, 0.1) is 0 Å². The summed E-state index contributed by atoms with van der Waals surface area (Å²) in [6, 6.07) is 20.0. The average molecular weight is 269 g/mol. The van der Waals surface area contributed by atoms with Gasteiger partial charge in [0.15, 0.2) is 0 Å². The molecule has 1 amide bonds. The first kappa shape index (κ1) is 14.1. The molecule has 2 aromatic rings. The molecular formula is C17H19NO2. The summed E-state index contributed by atoms with van der Waals surface area (Å²) in [7, 11) is 1.38. The number of amides is 1. The quantitative estimate of drug-likeness (QED) is 0.914. The van der Waals surface area contributed by atoms with Gasteiger partial charge in [0.05, 0.1) is 13.2 Å². The molecule has 0 fully saturated rings. The maximum Gasteiger partial charge on any atom is 0.407 e. The lowest BCUT2D eigenvalue weighted by Gasteiger charge is -2.25. The third-order valence-electron chi connectivity index (χ3n) is 3.44. The second kappa shape index (κ2) is 6.75. The SMILES string of the molecule is COC(=O)N[C@H](c1ccccc1)[C@H](C)c1ccccc1. The molecule has 0 unspecified atom stereocenters. The van der Waals surface area contributed by atoms with Crippen LogP contribution in [0.5, 0.6) is 0 Å². The highest BCUT2D eigenvalue weighted by atomic mass is 16.5. The molecule has 2 atom stereocenters. The van der Waals surface area contributed by atoms with Gasteiger partial charge in [0.1, 0.15) is 0 Å². The van der Waals surface area contributed by atoms with Crippen LogP contribution < -0.4 is 5.32 Å². The Morgan fingerprint density at radius 2 is 1.45 bits per heavy atom. The fourth-order valence-electron chi connectivity index (χ4n) is 2.29. The Morgan fingerprint density at radius 3 is 1.95 bits per heavy atom. The van der Waals surface area contributed by atoms with Gasteiger partial charge in [0, 0.05) is 5.92 Å². The van der Waals surface area contributed by atoms with Gasteiger partial charge in [-0.15, -0.1) is 0 Å². The van der Waals surface area contributed by atoms with Crippen molar-refractivity contribution in [2.45, 2.75) is 18.9 Å². The second-order valence-corrected chi connectivity index (χ2v) is 4.72. The van der Waals surface area contributed by atoms with Crippen molar-refractivity contribution in [1.29, 1.82) is 0 Å². The monoisotopic (exact) mass is 269 g/mol. The Bertz CT molecular complexity index is 539. The van der Waals surface area contributed by atoms with Gasteiger partial charge in [-0.1, -0.05) is 67.6 Å². The van der Waals surface area contributed by atoms with Crippen LogP contribution in [0.15, 0.2) is 60.7 Å². The van der Waals surface area contributed by atoms with E-state index >= 15 is 0 Å². The number of carbonyl (C=O) groups excluding carboxylic acids is 1. The summed E-state index contributed by atoms with van der Waals surface area (Å²) < 4.78 is 4.74. The zero-order valence-electron chi connectivity index (χ0n) is 11.7. The molecule has 0 radical (unpaired) electrons. The summed E-state index contributed by atoms with van der Waals surface area (Å²) in [4.78, 5) is 11.6. The van der Waals surface area contributed by atoms with Crippen molar-refractivity contribution in [3.8, 4) is 0 Å². The van der Waals surface area contributed by atoms with E-state index in [0.29, 0.717) is 0 Å². The fraction of sp³-hybridized carbons (Fsp3) is 0.235. The van der Waals surface area contributed by atoms with Gasteiger partial charge >= 0.3 is 6.09 Å². The molecule has 0 saturated heterocycles. The molecule has 1 N–H and O–H groups in total. The Hall–Kier alpha value is -2.29. The number of carbonyl (C=O) groups is 1. The molecule has 3 nitrogen and oxygen atoms in total. The van der Waals surface area contributed by atoms with Crippen LogP contribution in [-0.4, -0.2) is 13.2 Å². The van der Waals surface area contributed by atoms with Crippen LogP contribution in [0.25, 0.3) is 0 Å². The van der Waals surface area contributed by atoms with Gasteiger partial charge < -0.3 is 10.1 Å². The average Bonchev–Trinajstić information content (AvgIpc) is 2.53. The van der Waals surface area contributed by atoms with Crippen molar-refractivity contribution in [3.05, 3.63) is 71.8 Å². The molecule has 0 aromatic heterocycles. The lowest BCUT2D eigenvalue weighted by molar-refractivity contribution is 0.165. The van der Waals surface area contributed by atoms with Crippen LogP contribution in [0.1, 0.15) is 30.0 Å². The molecule has 20 heavy (non-hydrogen) atoms. The number of alkyl carbamates (subject to hydrolysis) is 1. The minimum absolute atomic E-state index is 0.119. The molecular weight excluding hydrogens is 250 g/mol. The van der Waals surface area contributed by atoms with Crippen LogP contribution in [0.4, 0.5) is 4.79 Å². The number of hydrogen-bond donors (Lipinski definition) is 1. The smallest absolute Gasteiger partial charge is 0.407 e. The molecule has 0 heterocycles. The number of hydrogen-bond acceptors (Lipinski definition) is 2. The van der Waals surface area contributed by atoms with Crippen LogP contribution in [0.2, 0.25) is 0 Å². The Kier molecular flexibility index (Phi) is 4.77. The maximum atomic E-state index is 11.6. The predicted octanol–water partition coefficient (Wildman–Crippen LogP) is 3.89. The van der Waals surface area contributed by atoms with Crippen molar-refractivity contribution in [2.24, 2.45) is 0 Å². The minimum Gasteiger partial charge on any atom is -0.453 e. The van der Waals surface area contributed by atoms with Gasteiger partial charge in [-0.05, 0) is 11.1 Å². The van der Waals surface area contributed by atoms with Gasteiger partial charge in [-0.25, -0.2) is 4.79 Å². The normalized spacial score (nSPS) is 13.3. The molecule has 0 saturated carbocycles. The van der Waals surface area contributed by atoms with E-state index in [4.69, 9.17) is 4.74 Å². The number of rotatable bonds is 4. The van der Waals surface area contributed by atoms with E-state index in [1.165, 1.54) is 12.7 Å². The lowest BCUT2D eigenvalue weighted by Crippen LogP contribution is -2.31. The Morgan fingerprint density at radius 1 is 0.950 bits per heavy atom. The zero-order chi connectivity index (χ0) is 14.4. The maximum absolute atomic E-state index is 11.6. The summed E-state index contributed by atoms with van der Waals surface area (Å²) in [5.41, 5.74) is 2.24. The van der Waals surface area contributed by atoms with E-state index in [1.54, 1.807) is 0 Å². The topological polar surface area (TPSA) is 38.3 Å². The fourth-order valence-corrected chi connectivity index (χ4v) is 2.29. The summed E-state index contributed by atoms with van der Waals surface area (Å²) >= 11 is 0. The van der Waals surface area contributed by atoms with Crippen molar-refractivity contribution in [2.75, 3.05) is 7.11 Å². The summed E-state index contributed by atoms with van der Waals surface area (Å²) in [5, 5.41) is 2.92. The highest BCUT2D eigenvalue weighted by molar-refractivity contribution is 5.68. The third-order valence-corrected chi connectivity index (χ3v) is 3.44. The molecule has 0 aliphatic heterocycles. The summed E-state index contributed by atoms with van der Waals surface area (Å²) in [5.74, 6) is 0.151. The summed E-state index contributed by atoms with van der Waals surface area (Å²) in [6.45, 7) is 2.10. The third kappa shape index (κ3) is 3.38. The zero-order valence-corrected chi connectivity index (χ0v) is 11.7. The molecule has 0 spiro atoms. The molecule has 3 heteroatoms. The van der Waals surface area contributed by atoms with Crippen LogP contribution in [0.3, 0.4) is 0 Å². The molecule has 0 aliphatic rings. The van der Waals surface area contributed by atoms with E-state index in [2.05, 4.69) is 24.4 Å². The Labute approximate surface area is 119 Å². The molecule has 104 valence electrons. The van der Waals surface area contributed by atoms with E-state index in [-0.39, 0.29) is 12.0 Å². The summed E-state index contributed by atoms with van der Waals surface area (Å²) in [6.07, 6.45) is -0.415. The van der Waals surface area contributed by atoms with E-state index in [1.807, 2.05) is 48.5 Å². The first-order valence-corrected chi connectivity index (χ1v) is 6.66. The van der Waals surface area contributed by atoms with Gasteiger partial charge in [-0.3, -0.25) is 0 Å². The molecule has 0 aliphatic carbocycles. The number of methoxy groups -OCH3 is 1. The highest BCUT2D eigenvalue weighted by Gasteiger charge is 2.22. The first-order valence-electron chi connectivity index (χ1n) is 6.66. The largest absolute Gasteiger partial charge is 0.453 e. The van der Waals surface area contributed by atoms with Crippen molar-refractivity contribution >= 4 is 6.09 Å². The standard InChI is InChI=1S/C17H19NO2/c1-13(14-9-5-3-6-10-14)16(18-17(19)20-2)15-11-7-4-8-12-15/h3-13,16H,1-2H3,(H,18,19)/t13-,16+/m1/s1. The van der Waals surface area contributed by atoms with E-state index < -0.39 is 6.09 Å². The van der Waals surface area contributed by atoms with Gasteiger partial charge in [-0.2, -0.15) is 0 Å². The van der Waals surface area contributed by atoms with Crippen LogP contribution >= 0.6 is 0 Å². The van der Waals surface area contributed by atoms with E-state index in [9.17, 15) is 4.79 Å². The first-order chi connectivity index (χ1) is 9.72. The predicted molar refractivity (Wildman–Crippen MR) is 79.6 cm³/mol. The van der Waals surface area contributed by atoms with Gasteiger partial charge in [0.25, 0.3) is 0 Å². The van der Waals surface area contributed by atoms with Crippen molar-refractivity contribution < 1.29 is 9.53 Å². The van der Waals surface area contributed by atoms with Gasteiger partial charge in [0.2, 0.25) is 0 Å². The van der Waals surface area contributed by atoms with Crippen molar-refractivity contribution in [3.63, 3.8) is 0 Å². The van der Waals surface area contributed by atoms with E-state index in [0.717, 1.165) is 5.56 Å². The van der Waals surface area contributed by atoms with Crippen LogP contribution in [-0.2, 0) is 4.74 Å². The molecule has 0 bridgehead atoms. The lowest BCUT2D eigenvalue weighted by atomic mass is 9.88. The number of ether oxygens (including phenoxy) is 1. The number of nitrogens with one attached hydrogen (secondary N) is 1.